The van der Waals surface area contributed by atoms with Crippen molar-refractivity contribution in [2.45, 2.75) is 368 Å². The summed E-state index contributed by atoms with van der Waals surface area (Å²) in [5.41, 5.74) is 0. The smallest absolute Gasteiger partial charge is 0.133 e. The first kappa shape index (κ1) is 98.9. The molecular weight excluding hydrogens is 1120 g/mol. The second kappa shape index (κ2) is 77.8. The van der Waals surface area contributed by atoms with Gasteiger partial charge in [0.2, 0.25) is 0 Å². The fourth-order valence-electron chi connectivity index (χ4n) is 6.52. The highest BCUT2D eigenvalue weighted by Gasteiger charge is 2.08. The molecule has 0 aromatic rings. The predicted molar refractivity (Wildman–Crippen MR) is 356 cm³/mol. The summed E-state index contributed by atoms with van der Waals surface area (Å²) in [4.78, 5) is 171. The van der Waals surface area contributed by atoms with Gasteiger partial charge < -0.3 is 38.4 Å². The first-order valence-corrected chi connectivity index (χ1v) is 33.4. The number of ketones is 16. The SMILES string of the molecule is CCCCC(=O)CCC(C)=O.CCCCC(=O)CCC(C)=O.CCCCC(=O)CCC(C)=O.CCCCC(=O)CCC(C)=O.CCCCC(=O)CCC(C)=O.CCCCC(=O)CCC(C)=O.CCCCC(=O)CCC(C)=O.CCCCC(=O)CCC(C)=O. The minimum absolute atomic E-state index is 0.106. The minimum atomic E-state index is 0.106. The highest BCUT2D eigenvalue weighted by Crippen LogP contribution is 2.07. The van der Waals surface area contributed by atoms with Gasteiger partial charge in [-0.05, 0) is 107 Å². The number of carbonyl (C=O) groups excluding carboxylic acids is 16. The largest absolute Gasteiger partial charge is 0.300 e. The van der Waals surface area contributed by atoms with Gasteiger partial charge in [0.1, 0.15) is 92.5 Å². The molecule has 0 aromatic heterocycles. The number of hydrogen-bond donors (Lipinski definition) is 0. The quantitative estimate of drug-likeness (QED) is 0.0547. The number of Topliss-reactive ketones (excluding diaryl/α,β-unsaturated/α-hetero) is 16. The zero-order chi connectivity index (χ0) is 69.5. The van der Waals surface area contributed by atoms with E-state index < -0.39 is 0 Å². The van der Waals surface area contributed by atoms with Crippen LogP contribution in [0, 0.1) is 0 Å². The van der Waals surface area contributed by atoms with Gasteiger partial charge in [0, 0.05) is 154 Å². The van der Waals surface area contributed by atoms with Crippen molar-refractivity contribution in [1.82, 2.24) is 0 Å². The lowest BCUT2D eigenvalue weighted by Gasteiger charge is -1.96. The number of unbranched alkanes of at least 4 members (excludes halogenated alkanes) is 8. The fourth-order valence-corrected chi connectivity index (χ4v) is 6.52. The predicted octanol–water partition coefficient (Wildman–Crippen LogP) is 16.9. The average Bonchev–Trinajstić information content (AvgIpc) is 3.47. The molecule has 88 heavy (non-hydrogen) atoms. The second-order valence-corrected chi connectivity index (χ2v) is 22.8. The number of rotatable bonds is 48. The summed E-state index contributed by atoms with van der Waals surface area (Å²) in [6.45, 7) is 28.6. The molecule has 0 bridgehead atoms. The lowest BCUT2D eigenvalue weighted by molar-refractivity contribution is -0.123. The van der Waals surface area contributed by atoms with E-state index in [4.69, 9.17) is 0 Å². The molecule has 0 aliphatic heterocycles. The molecular formula is C72H128O16. The molecule has 0 radical (unpaired) electrons. The summed E-state index contributed by atoms with van der Waals surface area (Å²) >= 11 is 0. The van der Waals surface area contributed by atoms with Crippen molar-refractivity contribution in [2.75, 3.05) is 0 Å². The molecule has 0 aliphatic rings. The third-order valence-corrected chi connectivity index (χ3v) is 12.5. The first-order chi connectivity index (χ1) is 41.3. The summed E-state index contributed by atoms with van der Waals surface area (Å²) in [6, 6.07) is 0. The summed E-state index contributed by atoms with van der Waals surface area (Å²) in [5, 5.41) is 0. The second-order valence-electron chi connectivity index (χ2n) is 22.8. The maximum Gasteiger partial charge on any atom is 0.133 e. The van der Waals surface area contributed by atoms with E-state index in [0.717, 1.165) is 103 Å². The minimum Gasteiger partial charge on any atom is -0.300 e. The number of hydrogen-bond acceptors (Lipinski definition) is 16. The van der Waals surface area contributed by atoms with E-state index in [1.54, 1.807) is 0 Å². The molecule has 0 aromatic carbocycles. The Bertz CT molecular complexity index is 1520. The van der Waals surface area contributed by atoms with Crippen LogP contribution in [0.5, 0.6) is 0 Å². The lowest BCUT2D eigenvalue weighted by Crippen LogP contribution is -2.00. The van der Waals surface area contributed by atoms with Crippen LogP contribution in [0.15, 0.2) is 0 Å². The van der Waals surface area contributed by atoms with Gasteiger partial charge in [0.25, 0.3) is 0 Å². The maximum absolute atomic E-state index is 11.0. The highest BCUT2D eigenvalue weighted by atomic mass is 16.2. The lowest BCUT2D eigenvalue weighted by atomic mass is 10.1. The monoisotopic (exact) mass is 1250 g/mol. The molecule has 0 saturated heterocycles. The van der Waals surface area contributed by atoms with Gasteiger partial charge in [-0.2, -0.15) is 0 Å². The van der Waals surface area contributed by atoms with Gasteiger partial charge in [-0.3, -0.25) is 38.4 Å². The van der Waals surface area contributed by atoms with Crippen LogP contribution < -0.4 is 0 Å². The van der Waals surface area contributed by atoms with Crippen molar-refractivity contribution >= 4 is 92.5 Å². The zero-order valence-corrected chi connectivity index (χ0v) is 58.8. The van der Waals surface area contributed by atoms with Gasteiger partial charge >= 0.3 is 0 Å². The Labute approximate surface area is 534 Å². The Hall–Kier alpha value is -5.28. The molecule has 0 fully saturated rings. The Morgan fingerprint density at radius 3 is 0.273 bits per heavy atom. The third-order valence-electron chi connectivity index (χ3n) is 12.5. The molecule has 0 rings (SSSR count). The van der Waals surface area contributed by atoms with Crippen LogP contribution in [0.1, 0.15) is 368 Å². The molecule has 512 valence electrons. The Morgan fingerprint density at radius 1 is 0.136 bits per heavy atom. The van der Waals surface area contributed by atoms with Crippen molar-refractivity contribution in [3.05, 3.63) is 0 Å². The van der Waals surface area contributed by atoms with E-state index in [1.165, 1.54) is 55.4 Å². The highest BCUT2D eigenvalue weighted by molar-refractivity contribution is 5.88. The summed E-state index contributed by atoms with van der Waals surface area (Å²) in [7, 11) is 0. The Balaban J connectivity index is -0.000000139. The van der Waals surface area contributed by atoms with Crippen molar-refractivity contribution in [2.24, 2.45) is 0 Å². The summed E-state index contributed by atoms with van der Waals surface area (Å²) in [6.07, 6.45) is 28.0. The van der Waals surface area contributed by atoms with E-state index in [9.17, 15) is 76.7 Å². The number of carbonyl (C=O) groups is 16. The first-order valence-electron chi connectivity index (χ1n) is 33.4. The van der Waals surface area contributed by atoms with Gasteiger partial charge in [-0.25, -0.2) is 0 Å². The van der Waals surface area contributed by atoms with Crippen molar-refractivity contribution < 1.29 is 76.7 Å². The molecule has 0 unspecified atom stereocenters. The van der Waals surface area contributed by atoms with Gasteiger partial charge in [0.05, 0.1) is 0 Å². The Kier molecular flexibility index (Phi) is 87.5. The van der Waals surface area contributed by atoms with Gasteiger partial charge in [-0.15, -0.1) is 0 Å². The van der Waals surface area contributed by atoms with Crippen LogP contribution in [0.2, 0.25) is 0 Å². The van der Waals surface area contributed by atoms with Gasteiger partial charge in [-0.1, -0.05) is 107 Å². The van der Waals surface area contributed by atoms with E-state index in [2.05, 4.69) is 55.4 Å². The van der Waals surface area contributed by atoms with E-state index in [0.29, 0.717) is 154 Å². The molecule has 0 amide bonds. The topological polar surface area (TPSA) is 273 Å². The third kappa shape index (κ3) is 115. The van der Waals surface area contributed by atoms with Crippen LogP contribution in [-0.4, -0.2) is 92.5 Å². The molecule has 0 N–H and O–H groups in total. The molecule has 0 heterocycles. The molecule has 0 atom stereocenters. The Morgan fingerprint density at radius 2 is 0.216 bits per heavy atom. The van der Waals surface area contributed by atoms with Crippen molar-refractivity contribution in [3.63, 3.8) is 0 Å². The molecule has 0 aliphatic carbocycles. The normalized spacial score (nSPS) is 9.64. The van der Waals surface area contributed by atoms with Crippen molar-refractivity contribution in [1.29, 1.82) is 0 Å². The van der Waals surface area contributed by atoms with E-state index >= 15 is 0 Å². The molecule has 16 heteroatoms. The van der Waals surface area contributed by atoms with Gasteiger partial charge in [0.15, 0.2) is 0 Å². The van der Waals surface area contributed by atoms with Crippen molar-refractivity contribution in [3.8, 4) is 0 Å². The molecule has 0 saturated carbocycles. The van der Waals surface area contributed by atoms with Crippen LogP contribution in [-0.2, 0) is 76.7 Å². The van der Waals surface area contributed by atoms with Crippen LogP contribution in [0.25, 0.3) is 0 Å². The maximum atomic E-state index is 11.0. The van der Waals surface area contributed by atoms with Crippen LogP contribution >= 0.6 is 0 Å². The summed E-state index contributed by atoms with van der Waals surface area (Å²) < 4.78 is 0. The van der Waals surface area contributed by atoms with Crippen LogP contribution in [0.3, 0.4) is 0 Å². The van der Waals surface area contributed by atoms with Crippen LogP contribution in [0.4, 0.5) is 0 Å². The van der Waals surface area contributed by atoms with E-state index in [1.807, 2.05) is 0 Å². The molecule has 0 spiro atoms. The summed E-state index contributed by atoms with van der Waals surface area (Å²) in [5.74, 6) is 2.64. The zero-order valence-electron chi connectivity index (χ0n) is 58.8. The fraction of sp³-hybridized carbons (Fsp3) is 0.778. The molecule has 16 nitrogen and oxygen atoms in total. The van der Waals surface area contributed by atoms with E-state index in [-0.39, 0.29) is 92.5 Å². The standard InChI is InChI=1S/8C9H16O2/c8*1-3-4-5-9(11)7-6-8(2)10/h8*3-7H2,1-2H3. The average molecular weight is 1250 g/mol.